The van der Waals surface area contributed by atoms with Crippen LogP contribution in [-0.4, -0.2) is 43.2 Å². The van der Waals surface area contributed by atoms with Gasteiger partial charge >= 0.3 is 0 Å². The Balaban J connectivity index is 0.00000192. The van der Waals surface area contributed by atoms with Crippen LogP contribution >= 0.6 is 11.6 Å². The number of carbonyl (C=O) groups excluding carboxylic acids is 1. The number of morpholine rings is 1. The van der Waals surface area contributed by atoms with E-state index in [2.05, 4.69) is 0 Å². The predicted molar refractivity (Wildman–Crippen MR) is 85.7 cm³/mol. The van der Waals surface area contributed by atoms with Crippen molar-refractivity contribution >= 4 is 17.4 Å². The Labute approximate surface area is 147 Å². The van der Waals surface area contributed by atoms with Crippen LogP contribution in [0.2, 0.25) is 5.02 Å². The number of hydrogen-bond acceptors (Lipinski definition) is 2. The lowest BCUT2D eigenvalue weighted by molar-refractivity contribution is -0.908. The normalized spacial score (nSPS) is 15.2. The summed E-state index contributed by atoms with van der Waals surface area (Å²) in [7, 11) is 0. The second-order valence-corrected chi connectivity index (χ2v) is 5.97. The van der Waals surface area contributed by atoms with Crippen LogP contribution in [0.15, 0.2) is 42.6 Å². The Morgan fingerprint density at radius 1 is 1.17 bits per heavy atom. The maximum Gasteiger partial charge on any atom is 0.209 e. The second kappa shape index (κ2) is 8.50. The molecule has 0 aliphatic carbocycles. The van der Waals surface area contributed by atoms with Gasteiger partial charge in [0.1, 0.15) is 13.1 Å². The molecule has 1 fully saturated rings. The molecule has 6 heteroatoms. The zero-order valence-corrected chi connectivity index (χ0v) is 14.3. The third-order valence-electron chi connectivity index (χ3n) is 4.07. The summed E-state index contributed by atoms with van der Waals surface area (Å²) in [6, 6.07) is 10.9. The van der Waals surface area contributed by atoms with Crippen molar-refractivity contribution in [2.45, 2.75) is 6.54 Å². The van der Waals surface area contributed by atoms with Crippen molar-refractivity contribution < 1.29 is 26.8 Å². The van der Waals surface area contributed by atoms with E-state index in [9.17, 15) is 4.79 Å². The molecule has 1 N–H and O–H groups in total. The number of ether oxygens (including phenoxy) is 1. The first-order valence-corrected chi connectivity index (χ1v) is 7.98. The van der Waals surface area contributed by atoms with Gasteiger partial charge in [0.25, 0.3) is 0 Å². The summed E-state index contributed by atoms with van der Waals surface area (Å²) in [5, 5.41) is 0.642. The highest BCUT2D eigenvalue weighted by atomic mass is 35.5. The van der Waals surface area contributed by atoms with Gasteiger partial charge in [0.2, 0.25) is 5.78 Å². The fourth-order valence-corrected chi connectivity index (χ4v) is 2.88. The van der Waals surface area contributed by atoms with E-state index < -0.39 is 0 Å². The molecule has 2 aromatic rings. The van der Waals surface area contributed by atoms with Gasteiger partial charge in [0, 0.05) is 16.8 Å². The molecule has 0 atom stereocenters. The van der Waals surface area contributed by atoms with Crippen LogP contribution in [0.5, 0.6) is 0 Å². The molecule has 0 amide bonds. The van der Waals surface area contributed by atoms with Crippen LogP contribution in [0.4, 0.5) is 0 Å². The average Bonchev–Trinajstić information content (AvgIpc) is 3.02. The molecule has 0 spiro atoms. The van der Waals surface area contributed by atoms with Gasteiger partial charge in [-0.05, 0) is 36.4 Å². The van der Waals surface area contributed by atoms with Gasteiger partial charge < -0.3 is 26.6 Å². The molecule has 23 heavy (non-hydrogen) atoms. The van der Waals surface area contributed by atoms with E-state index >= 15 is 0 Å². The van der Waals surface area contributed by atoms with Gasteiger partial charge in [0.05, 0.1) is 32.0 Å². The van der Waals surface area contributed by atoms with E-state index in [-0.39, 0.29) is 18.2 Å². The SMILES string of the molecule is O=C(c1ccc(Cl)cc1)c1cccn1CC[NH+]1CCOCC1.[Cl-]. The first-order valence-electron chi connectivity index (χ1n) is 7.61. The average molecular weight is 355 g/mol. The third-order valence-corrected chi connectivity index (χ3v) is 4.33. The molecule has 0 radical (unpaired) electrons. The van der Waals surface area contributed by atoms with Crippen LogP contribution in [0.1, 0.15) is 16.1 Å². The minimum Gasteiger partial charge on any atom is -1.00 e. The van der Waals surface area contributed by atoms with Crippen molar-refractivity contribution in [2.75, 3.05) is 32.8 Å². The number of benzene rings is 1. The largest absolute Gasteiger partial charge is 1.00 e. The fourth-order valence-electron chi connectivity index (χ4n) is 2.75. The van der Waals surface area contributed by atoms with E-state index in [4.69, 9.17) is 16.3 Å². The number of ketones is 1. The molecule has 0 unspecified atom stereocenters. The Kier molecular flexibility index (Phi) is 6.66. The van der Waals surface area contributed by atoms with E-state index in [0.29, 0.717) is 10.6 Å². The highest BCUT2D eigenvalue weighted by molar-refractivity contribution is 6.30. The zero-order chi connectivity index (χ0) is 15.4. The molecular weight excluding hydrogens is 335 g/mol. The highest BCUT2D eigenvalue weighted by Crippen LogP contribution is 2.14. The van der Waals surface area contributed by atoms with E-state index in [1.54, 1.807) is 24.3 Å². The van der Waals surface area contributed by atoms with Gasteiger partial charge in [-0.15, -0.1) is 0 Å². The summed E-state index contributed by atoms with van der Waals surface area (Å²) in [6.07, 6.45) is 1.98. The topological polar surface area (TPSA) is 35.7 Å². The number of carbonyl (C=O) groups is 1. The maximum absolute atomic E-state index is 12.6. The molecule has 1 aliphatic heterocycles. The Morgan fingerprint density at radius 2 is 1.87 bits per heavy atom. The lowest BCUT2D eigenvalue weighted by atomic mass is 10.1. The van der Waals surface area contributed by atoms with Crippen LogP contribution in [0.3, 0.4) is 0 Å². The summed E-state index contributed by atoms with van der Waals surface area (Å²) >= 11 is 5.88. The minimum atomic E-state index is 0. The van der Waals surface area contributed by atoms with Crippen LogP contribution < -0.4 is 17.3 Å². The molecule has 1 saturated heterocycles. The first-order chi connectivity index (χ1) is 10.7. The van der Waals surface area contributed by atoms with Crippen molar-refractivity contribution in [1.82, 2.24) is 4.57 Å². The molecule has 4 nitrogen and oxygen atoms in total. The number of quaternary nitrogens is 1. The number of rotatable bonds is 5. The van der Waals surface area contributed by atoms with Crippen molar-refractivity contribution in [3.05, 3.63) is 58.9 Å². The maximum atomic E-state index is 12.6. The number of nitrogens with zero attached hydrogens (tertiary/aromatic N) is 1. The lowest BCUT2D eigenvalue weighted by Crippen LogP contribution is -3.14. The summed E-state index contributed by atoms with van der Waals surface area (Å²) in [5.41, 5.74) is 1.40. The van der Waals surface area contributed by atoms with Crippen molar-refractivity contribution in [3.8, 4) is 0 Å². The Hall–Kier alpha value is -1.33. The van der Waals surface area contributed by atoms with Crippen molar-refractivity contribution in [3.63, 3.8) is 0 Å². The third kappa shape index (κ3) is 4.58. The smallest absolute Gasteiger partial charge is 0.209 e. The van der Waals surface area contributed by atoms with E-state index in [1.807, 2.05) is 22.9 Å². The fraction of sp³-hybridized carbons (Fsp3) is 0.353. The first kappa shape index (κ1) is 18.0. The van der Waals surface area contributed by atoms with Crippen molar-refractivity contribution in [1.29, 1.82) is 0 Å². The zero-order valence-electron chi connectivity index (χ0n) is 12.8. The number of hydrogen-bond donors (Lipinski definition) is 1. The molecule has 0 saturated carbocycles. The summed E-state index contributed by atoms with van der Waals surface area (Å²) in [6.45, 7) is 5.61. The second-order valence-electron chi connectivity index (χ2n) is 5.54. The highest BCUT2D eigenvalue weighted by Gasteiger charge is 2.16. The Bertz CT molecular complexity index is 634. The van der Waals surface area contributed by atoms with Crippen LogP contribution in [-0.2, 0) is 11.3 Å². The minimum absolute atomic E-state index is 0. The predicted octanol–water partition coefficient (Wildman–Crippen LogP) is -1.71. The van der Waals surface area contributed by atoms with Gasteiger partial charge in [-0.25, -0.2) is 0 Å². The molecule has 1 aliphatic rings. The quantitative estimate of drug-likeness (QED) is 0.649. The van der Waals surface area contributed by atoms with Gasteiger partial charge in [-0.1, -0.05) is 11.6 Å². The molecule has 0 bridgehead atoms. The molecule has 1 aromatic heterocycles. The molecule has 1 aromatic carbocycles. The summed E-state index contributed by atoms with van der Waals surface area (Å²) in [4.78, 5) is 14.1. The lowest BCUT2D eigenvalue weighted by Gasteiger charge is -2.24. The van der Waals surface area contributed by atoms with E-state index in [0.717, 1.165) is 45.1 Å². The molecular formula is C17H20Cl2N2O2. The van der Waals surface area contributed by atoms with E-state index in [1.165, 1.54) is 4.90 Å². The molecule has 124 valence electrons. The molecule has 2 heterocycles. The monoisotopic (exact) mass is 354 g/mol. The number of halogens is 2. The summed E-state index contributed by atoms with van der Waals surface area (Å²) < 4.78 is 7.41. The van der Waals surface area contributed by atoms with Crippen LogP contribution in [0, 0.1) is 0 Å². The van der Waals surface area contributed by atoms with Gasteiger partial charge in [-0.3, -0.25) is 4.79 Å². The number of aromatic nitrogens is 1. The van der Waals surface area contributed by atoms with Gasteiger partial charge in [-0.2, -0.15) is 0 Å². The number of nitrogens with one attached hydrogen (secondary N) is 1. The van der Waals surface area contributed by atoms with Crippen molar-refractivity contribution in [2.24, 2.45) is 0 Å². The molecule has 3 rings (SSSR count). The van der Waals surface area contributed by atoms with Gasteiger partial charge in [0.15, 0.2) is 0 Å². The summed E-state index contributed by atoms with van der Waals surface area (Å²) in [5.74, 6) is 0.0404. The Morgan fingerprint density at radius 3 is 2.57 bits per heavy atom. The van der Waals surface area contributed by atoms with Crippen LogP contribution in [0.25, 0.3) is 0 Å². The standard InChI is InChI=1S/C17H19ClN2O2.ClH/c18-15-5-3-14(4-6-15)17(21)16-2-1-7-20(16)9-8-19-10-12-22-13-11-19;/h1-7H,8-13H2;1H.